The molecule has 0 atom stereocenters. The largest absolute Gasteiger partial charge is 0.480 e. The lowest BCUT2D eigenvalue weighted by Crippen LogP contribution is -2.29. The van der Waals surface area contributed by atoms with Crippen LogP contribution in [0.1, 0.15) is 17.4 Å². The van der Waals surface area contributed by atoms with Gasteiger partial charge in [0.1, 0.15) is 12.3 Å². The van der Waals surface area contributed by atoms with E-state index < -0.39 is 5.97 Å². The van der Waals surface area contributed by atoms with Crippen LogP contribution in [-0.2, 0) is 16.1 Å². The molecule has 0 aromatic carbocycles. The first-order valence-electron chi connectivity index (χ1n) is 5.48. The molecule has 0 radical (unpaired) electrons. The summed E-state index contributed by atoms with van der Waals surface area (Å²) in [6, 6.07) is 1.73. The van der Waals surface area contributed by atoms with Gasteiger partial charge in [-0.1, -0.05) is 0 Å². The Balaban J connectivity index is 2.38. The minimum atomic E-state index is -1.02. The predicted molar refractivity (Wildman–Crippen MR) is 68.6 cm³/mol. The van der Waals surface area contributed by atoms with Gasteiger partial charge in [0.05, 0.1) is 6.61 Å². The molecular weight excluding hydrogens is 304 g/mol. The fraction of sp³-hybridized carbons (Fsp3) is 0.455. The van der Waals surface area contributed by atoms with Crippen molar-refractivity contribution in [2.75, 3.05) is 19.8 Å². The number of amides is 1. The minimum Gasteiger partial charge on any atom is -0.480 e. The van der Waals surface area contributed by atoms with Crippen LogP contribution in [0.4, 0.5) is 0 Å². The van der Waals surface area contributed by atoms with Crippen molar-refractivity contribution in [1.29, 1.82) is 0 Å². The highest BCUT2D eigenvalue weighted by atomic mass is 79.9. The van der Waals surface area contributed by atoms with Crippen LogP contribution < -0.4 is 5.32 Å². The Labute approximate surface area is 113 Å². The number of halogens is 1. The molecule has 1 aromatic heterocycles. The van der Waals surface area contributed by atoms with Crippen LogP contribution in [-0.4, -0.2) is 41.3 Å². The second-order valence-corrected chi connectivity index (χ2v) is 4.45. The van der Waals surface area contributed by atoms with E-state index in [9.17, 15) is 9.59 Å². The van der Waals surface area contributed by atoms with Crippen LogP contribution in [0.5, 0.6) is 0 Å². The van der Waals surface area contributed by atoms with Gasteiger partial charge in [0.15, 0.2) is 0 Å². The van der Waals surface area contributed by atoms with Crippen molar-refractivity contribution in [3.8, 4) is 0 Å². The van der Waals surface area contributed by atoms with Crippen LogP contribution in [0.25, 0.3) is 0 Å². The van der Waals surface area contributed by atoms with E-state index in [4.69, 9.17) is 9.84 Å². The van der Waals surface area contributed by atoms with Gasteiger partial charge in [-0.05, 0) is 28.9 Å². The highest BCUT2D eigenvalue weighted by Crippen LogP contribution is 2.14. The Morgan fingerprint density at radius 2 is 2.28 bits per heavy atom. The number of hydrogen-bond acceptors (Lipinski definition) is 3. The minimum absolute atomic E-state index is 0.173. The number of rotatable bonds is 7. The van der Waals surface area contributed by atoms with Gasteiger partial charge < -0.3 is 19.7 Å². The molecule has 1 aromatic rings. The van der Waals surface area contributed by atoms with Gasteiger partial charge in [-0.15, -0.1) is 0 Å². The fourth-order valence-corrected chi connectivity index (χ4v) is 1.88. The maximum atomic E-state index is 11.8. The molecule has 18 heavy (non-hydrogen) atoms. The molecule has 0 spiro atoms. The van der Waals surface area contributed by atoms with Crippen LogP contribution in [0, 0.1) is 0 Å². The zero-order valence-electron chi connectivity index (χ0n) is 9.98. The van der Waals surface area contributed by atoms with Crippen LogP contribution in [0.3, 0.4) is 0 Å². The summed E-state index contributed by atoms with van der Waals surface area (Å²) in [5, 5.41) is 11.0. The van der Waals surface area contributed by atoms with Crippen LogP contribution >= 0.6 is 15.9 Å². The number of nitrogens with zero attached hydrogens (tertiary/aromatic N) is 1. The van der Waals surface area contributed by atoms with E-state index >= 15 is 0 Å². The lowest BCUT2D eigenvalue weighted by molar-refractivity contribution is -0.142. The summed E-state index contributed by atoms with van der Waals surface area (Å²) < 4.78 is 7.47. The summed E-state index contributed by atoms with van der Waals surface area (Å²) in [5.74, 6) is -1.23. The van der Waals surface area contributed by atoms with Crippen molar-refractivity contribution < 1.29 is 19.4 Å². The molecule has 0 aliphatic rings. The number of carboxylic acids is 1. The number of carboxylic acid groups (broad SMARTS) is 1. The Bertz CT molecular complexity index is 431. The smallest absolute Gasteiger partial charge is 0.329 e. The van der Waals surface area contributed by atoms with Crippen molar-refractivity contribution in [3.63, 3.8) is 0 Å². The van der Waals surface area contributed by atoms with Gasteiger partial charge in [0, 0.05) is 23.8 Å². The molecule has 2 N–H and O–H groups in total. The number of hydrogen-bond donors (Lipinski definition) is 2. The Hall–Kier alpha value is -1.34. The molecule has 0 fully saturated rings. The maximum absolute atomic E-state index is 11.8. The van der Waals surface area contributed by atoms with Gasteiger partial charge in [-0.2, -0.15) is 0 Å². The monoisotopic (exact) mass is 318 g/mol. The molecule has 0 unspecified atom stereocenters. The highest BCUT2D eigenvalue weighted by molar-refractivity contribution is 9.10. The number of carbonyl (C=O) groups excluding carboxylic acids is 1. The zero-order chi connectivity index (χ0) is 13.5. The third-order valence-electron chi connectivity index (χ3n) is 2.19. The first kappa shape index (κ1) is 14.7. The predicted octanol–water partition coefficient (Wildman–Crippen LogP) is 1.10. The Morgan fingerprint density at radius 1 is 1.56 bits per heavy atom. The lowest BCUT2D eigenvalue weighted by atomic mass is 10.4. The van der Waals surface area contributed by atoms with Gasteiger partial charge >= 0.3 is 5.97 Å². The molecule has 0 aliphatic carbocycles. The first-order chi connectivity index (χ1) is 8.54. The summed E-state index contributed by atoms with van der Waals surface area (Å²) in [6.45, 7) is 2.74. The van der Waals surface area contributed by atoms with Crippen LogP contribution in [0.15, 0.2) is 16.7 Å². The van der Waals surface area contributed by atoms with Crippen molar-refractivity contribution in [1.82, 2.24) is 9.88 Å². The van der Waals surface area contributed by atoms with E-state index in [0.29, 0.717) is 12.2 Å². The van der Waals surface area contributed by atoms with Gasteiger partial charge in [-0.3, -0.25) is 4.79 Å². The second kappa shape index (κ2) is 7.17. The number of aliphatic carboxylic acids is 1. The summed E-state index contributed by atoms with van der Waals surface area (Å²) in [6.07, 6.45) is 1.83. The molecule has 0 bridgehead atoms. The molecule has 6 nitrogen and oxygen atoms in total. The molecule has 100 valence electrons. The third kappa shape index (κ3) is 4.50. The van der Waals surface area contributed by atoms with E-state index in [1.807, 2.05) is 17.7 Å². The summed E-state index contributed by atoms with van der Waals surface area (Å²) in [4.78, 5) is 22.0. The quantitative estimate of drug-likeness (QED) is 0.738. The molecule has 0 saturated carbocycles. The highest BCUT2D eigenvalue weighted by Gasteiger charge is 2.11. The van der Waals surface area contributed by atoms with Crippen molar-refractivity contribution in [2.45, 2.75) is 13.5 Å². The molecule has 0 aliphatic heterocycles. The second-order valence-electron chi connectivity index (χ2n) is 3.53. The molecule has 1 amide bonds. The molecule has 7 heteroatoms. The summed E-state index contributed by atoms with van der Waals surface area (Å²) in [5.41, 5.74) is 0.558. The van der Waals surface area contributed by atoms with E-state index in [1.54, 1.807) is 6.07 Å². The number of nitrogens with one attached hydrogen (secondary N) is 1. The zero-order valence-corrected chi connectivity index (χ0v) is 11.6. The number of aromatic nitrogens is 1. The standard InChI is InChI=1S/C11H15BrN2O4/c1-2-14-6-8(12)5-9(14)11(17)13-3-4-18-7-10(15)16/h5-6H,2-4,7H2,1H3,(H,13,17)(H,15,16). The van der Waals surface area contributed by atoms with Gasteiger partial charge in [0.25, 0.3) is 5.91 Å². The van der Waals surface area contributed by atoms with E-state index in [2.05, 4.69) is 21.2 Å². The third-order valence-corrected chi connectivity index (χ3v) is 2.63. The number of carbonyl (C=O) groups is 2. The average Bonchev–Trinajstić information content (AvgIpc) is 2.69. The Morgan fingerprint density at radius 3 is 2.89 bits per heavy atom. The fourth-order valence-electron chi connectivity index (χ4n) is 1.41. The SMILES string of the molecule is CCn1cc(Br)cc1C(=O)NCCOCC(=O)O. The number of aryl methyl sites for hydroxylation is 1. The maximum Gasteiger partial charge on any atom is 0.329 e. The number of ether oxygens (including phenoxy) is 1. The molecule has 1 rings (SSSR count). The van der Waals surface area contributed by atoms with Gasteiger partial charge in [-0.25, -0.2) is 4.79 Å². The Kier molecular flexibility index (Phi) is 5.87. The molecular formula is C11H15BrN2O4. The van der Waals surface area contributed by atoms with E-state index in [0.717, 1.165) is 4.47 Å². The molecule has 0 saturated heterocycles. The van der Waals surface area contributed by atoms with Crippen molar-refractivity contribution in [2.24, 2.45) is 0 Å². The van der Waals surface area contributed by atoms with Gasteiger partial charge in [0.2, 0.25) is 0 Å². The van der Waals surface area contributed by atoms with Crippen molar-refractivity contribution in [3.05, 3.63) is 22.4 Å². The first-order valence-corrected chi connectivity index (χ1v) is 6.27. The summed E-state index contributed by atoms with van der Waals surface area (Å²) in [7, 11) is 0. The average molecular weight is 319 g/mol. The normalized spacial score (nSPS) is 10.3. The topological polar surface area (TPSA) is 80.6 Å². The van der Waals surface area contributed by atoms with Crippen molar-refractivity contribution >= 4 is 27.8 Å². The van der Waals surface area contributed by atoms with Crippen LogP contribution in [0.2, 0.25) is 0 Å². The van der Waals surface area contributed by atoms with E-state index in [-0.39, 0.29) is 25.7 Å². The molecule has 1 heterocycles. The lowest BCUT2D eigenvalue weighted by Gasteiger charge is -2.07. The summed E-state index contributed by atoms with van der Waals surface area (Å²) >= 11 is 3.31. The van der Waals surface area contributed by atoms with E-state index in [1.165, 1.54) is 0 Å².